The minimum Gasteiger partial charge on any atom is -0.507 e. The van der Waals surface area contributed by atoms with Crippen molar-refractivity contribution in [1.82, 2.24) is 15.5 Å². The van der Waals surface area contributed by atoms with Crippen molar-refractivity contribution in [2.45, 2.75) is 18.9 Å². The highest BCUT2D eigenvalue weighted by Gasteiger charge is 2.28. The highest BCUT2D eigenvalue weighted by Crippen LogP contribution is 2.24. The molecule has 1 aliphatic heterocycles. The lowest BCUT2D eigenvalue weighted by Gasteiger charge is -2.27. The molecular weight excluding hydrogens is 401 g/mol. The summed E-state index contributed by atoms with van der Waals surface area (Å²) in [5, 5.41) is 44.6. The lowest BCUT2D eigenvalue weighted by molar-refractivity contribution is 0.0693. The molecule has 0 spiro atoms. The van der Waals surface area contributed by atoms with Gasteiger partial charge in [-0.05, 0) is 35.7 Å². The molecule has 0 aromatic heterocycles. The number of carboxylic acid groups (broad SMARTS) is 1. The molecule has 0 radical (unpaired) electrons. The van der Waals surface area contributed by atoms with Gasteiger partial charge >= 0.3 is 13.1 Å². The van der Waals surface area contributed by atoms with Crippen LogP contribution in [0.1, 0.15) is 31.8 Å². The highest BCUT2D eigenvalue weighted by atomic mass is 16.4. The van der Waals surface area contributed by atoms with Gasteiger partial charge in [-0.2, -0.15) is 0 Å². The molecular formula is C21H26BN3O6. The first-order valence-corrected chi connectivity index (χ1v) is 10.1. The maximum Gasteiger partial charge on any atom is 0.475 e. The average Bonchev–Trinajstić information content (AvgIpc) is 2.75. The smallest absolute Gasteiger partial charge is 0.475 e. The summed E-state index contributed by atoms with van der Waals surface area (Å²) in [5.41, 5.74) is 1.24. The van der Waals surface area contributed by atoms with E-state index >= 15 is 0 Å². The number of aromatic hydroxyl groups is 1. The van der Waals surface area contributed by atoms with Gasteiger partial charge in [0.05, 0.1) is 5.94 Å². The third kappa shape index (κ3) is 6.05. The van der Waals surface area contributed by atoms with Crippen LogP contribution in [-0.4, -0.2) is 76.3 Å². The Balaban J connectivity index is 1.70. The number of aromatic carboxylic acids is 1. The Morgan fingerprint density at radius 2 is 1.84 bits per heavy atom. The second kappa shape index (κ2) is 10.4. The van der Waals surface area contributed by atoms with E-state index in [1.165, 1.54) is 18.2 Å². The Hall–Kier alpha value is -2.92. The van der Waals surface area contributed by atoms with Crippen LogP contribution in [0.5, 0.6) is 5.75 Å². The van der Waals surface area contributed by atoms with Crippen LogP contribution in [0.3, 0.4) is 0 Å². The van der Waals surface area contributed by atoms with E-state index in [2.05, 4.69) is 15.5 Å². The first-order valence-electron chi connectivity index (χ1n) is 10.1. The predicted octanol–water partition coefficient (Wildman–Crippen LogP) is -0.151. The largest absolute Gasteiger partial charge is 0.507 e. The van der Waals surface area contributed by atoms with E-state index in [1.54, 1.807) is 18.2 Å². The fourth-order valence-corrected chi connectivity index (χ4v) is 3.59. The van der Waals surface area contributed by atoms with Crippen molar-refractivity contribution in [3.63, 3.8) is 0 Å². The van der Waals surface area contributed by atoms with Gasteiger partial charge in [0.15, 0.2) is 0 Å². The number of nitrogens with zero attached hydrogens (tertiary/aromatic N) is 1. The summed E-state index contributed by atoms with van der Waals surface area (Å²) in [6.07, 6.45) is -0.156. The van der Waals surface area contributed by atoms with E-state index in [-0.39, 0.29) is 17.5 Å². The molecule has 1 aliphatic rings. The van der Waals surface area contributed by atoms with Crippen molar-refractivity contribution in [3.05, 3.63) is 64.7 Å². The number of benzene rings is 2. The van der Waals surface area contributed by atoms with Crippen molar-refractivity contribution < 1.29 is 29.9 Å². The van der Waals surface area contributed by atoms with Crippen LogP contribution in [0.15, 0.2) is 42.5 Å². The second-order valence-electron chi connectivity index (χ2n) is 7.54. The van der Waals surface area contributed by atoms with Crippen molar-refractivity contribution in [3.8, 4) is 5.75 Å². The van der Waals surface area contributed by atoms with Crippen molar-refractivity contribution >= 4 is 19.0 Å². The number of para-hydroxylation sites is 1. The molecule has 9 nitrogen and oxygen atoms in total. The summed E-state index contributed by atoms with van der Waals surface area (Å²) >= 11 is 0. The molecule has 31 heavy (non-hydrogen) atoms. The van der Waals surface area contributed by atoms with E-state index in [1.807, 2.05) is 6.07 Å². The Morgan fingerprint density at radius 1 is 1.13 bits per heavy atom. The summed E-state index contributed by atoms with van der Waals surface area (Å²) in [6, 6.07) is 11.3. The number of carbonyl (C=O) groups excluding carboxylic acids is 1. The molecule has 2 aromatic carbocycles. The van der Waals surface area contributed by atoms with Gasteiger partial charge in [-0.3, -0.25) is 9.69 Å². The number of carbonyl (C=O) groups is 2. The van der Waals surface area contributed by atoms with Gasteiger partial charge in [-0.15, -0.1) is 0 Å². The van der Waals surface area contributed by atoms with E-state index in [0.29, 0.717) is 12.1 Å². The summed E-state index contributed by atoms with van der Waals surface area (Å²) in [7, 11) is -1.90. The van der Waals surface area contributed by atoms with E-state index in [4.69, 9.17) is 5.11 Å². The first-order chi connectivity index (χ1) is 14.8. The van der Waals surface area contributed by atoms with Gasteiger partial charge < -0.3 is 30.9 Å². The number of nitrogens with one attached hydrogen (secondary N) is 2. The zero-order valence-electron chi connectivity index (χ0n) is 17.0. The molecule has 1 amide bonds. The van der Waals surface area contributed by atoms with Crippen molar-refractivity contribution in [1.29, 1.82) is 0 Å². The number of amides is 1. The maximum absolute atomic E-state index is 12.7. The molecule has 1 atom stereocenters. The lowest BCUT2D eigenvalue weighted by atomic mass is 9.75. The molecule has 1 saturated heterocycles. The lowest BCUT2D eigenvalue weighted by Crippen LogP contribution is -2.48. The Bertz CT molecular complexity index is 933. The molecule has 2 aromatic rings. The minimum atomic E-state index is -1.90. The molecule has 3 rings (SSSR count). The van der Waals surface area contributed by atoms with Gasteiger partial charge in [0.25, 0.3) is 5.91 Å². The topological polar surface area (TPSA) is 142 Å². The minimum absolute atomic E-state index is 0.156. The molecule has 10 heteroatoms. The molecule has 1 heterocycles. The maximum atomic E-state index is 12.7. The fourth-order valence-electron chi connectivity index (χ4n) is 3.59. The van der Waals surface area contributed by atoms with Crippen LogP contribution in [0.25, 0.3) is 0 Å². The summed E-state index contributed by atoms with van der Waals surface area (Å²) in [5.74, 6) is -3.40. The van der Waals surface area contributed by atoms with Crippen LogP contribution in [-0.2, 0) is 13.0 Å². The van der Waals surface area contributed by atoms with Crippen LogP contribution in [0.2, 0.25) is 0 Å². The van der Waals surface area contributed by atoms with Gasteiger partial charge in [0.2, 0.25) is 0 Å². The normalized spacial score (nSPS) is 15.3. The molecule has 164 valence electrons. The third-order valence-electron chi connectivity index (χ3n) is 5.27. The van der Waals surface area contributed by atoms with Crippen LogP contribution >= 0.6 is 0 Å². The number of hydrogen-bond donors (Lipinski definition) is 6. The van der Waals surface area contributed by atoms with Crippen LogP contribution < -0.4 is 10.6 Å². The monoisotopic (exact) mass is 427 g/mol. The second-order valence-corrected chi connectivity index (χ2v) is 7.54. The van der Waals surface area contributed by atoms with Gasteiger partial charge in [-0.25, -0.2) is 4.79 Å². The Labute approximate surface area is 180 Å². The molecule has 0 bridgehead atoms. The summed E-state index contributed by atoms with van der Waals surface area (Å²) < 4.78 is 0. The SMILES string of the molecule is O=C(NC(Cc1cccc(C(=O)O)c1O)B(O)O)c1cccc(CN2CCNCC2)c1. The quantitative estimate of drug-likeness (QED) is 0.320. The number of carboxylic acids is 1. The molecule has 0 aliphatic carbocycles. The number of rotatable bonds is 8. The number of phenols is 1. The van der Waals surface area contributed by atoms with E-state index < -0.39 is 30.7 Å². The standard InChI is InChI=1S/C21H26BN3O6/c26-19-15(4-2-6-17(19)21(28)29)12-18(22(30)31)24-20(27)16-5-1-3-14(11-16)13-25-9-7-23-8-10-25/h1-6,11,18,23,26,30-31H,7-10,12-13H2,(H,24,27)(H,28,29). The zero-order chi connectivity index (χ0) is 22.4. The van der Waals surface area contributed by atoms with Crippen molar-refractivity contribution in [2.24, 2.45) is 0 Å². The van der Waals surface area contributed by atoms with Crippen LogP contribution in [0, 0.1) is 0 Å². The fraction of sp³-hybridized carbons (Fsp3) is 0.333. The van der Waals surface area contributed by atoms with Crippen LogP contribution in [0.4, 0.5) is 0 Å². The summed E-state index contributed by atoms with van der Waals surface area (Å²) in [4.78, 5) is 26.2. The Morgan fingerprint density at radius 3 is 2.52 bits per heavy atom. The predicted molar refractivity (Wildman–Crippen MR) is 115 cm³/mol. The van der Waals surface area contributed by atoms with E-state index in [0.717, 1.165) is 31.7 Å². The first kappa shape index (κ1) is 22.8. The van der Waals surface area contributed by atoms with Gasteiger partial charge in [-0.1, -0.05) is 24.3 Å². The highest BCUT2D eigenvalue weighted by molar-refractivity contribution is 6.43. The Kier molecular flexibility index (Phi) is 7.64. The average molecular weight is 427 g/mol. The number of hydrogen-bond acceptors (Lipinski definition) is 7. The number of piperazine rings is 1. The van der Waals surface area contributed by atoms with Gasteiger partial charge in [0.1, 0.15) is 11.3 Å². The van der Waals surface area contributed by atoms with E-state index in [9.17, 15) is 24.7 Å². The summed E-state index contributed by atoms with van der Waals surface area (Å²) in [6.45, 7) is 4.41. The molecule has 1 unspecified atom stereocenters. The van der Waals surface area contributed by atoms with Crippen molar-refractivity contribution in [2.75, 3.05) is 26.2 Å². The third-order valence-corrected chi connectivity index (χ3v) is 5.27. The zero-order valence-corrected chi connectivity index (χ0v) is 17.0. The van der Waals surface area contributed by atoms with Gasteiger partial charge in [0, 0.05) is 38.3 Å². The molecule has 0 saturated carbocycles. The molecule has 6 N–H and O–H groups in total. The molecule has 1 fully saturated rings.